The lowest BCUT2D eigenvalue weighted by Gasteiger charge is -2.37. The minimum absolute atomic E-state index is 0.0554. The Hall–Kier alpha value is -2.96. The molecule has 3 heterocycles. The highest BCUT2D eigenvalue weighted by molar-refractivity contribution is 5.95. The largest absolute Gasteiger partial charge is 0.344 e. The van der Waals surface area contributed by atoms with Gasteiger partial charge in [-0.2, -0.15) is 4.98 Å². The zero-order chi connectivity index (χ0) is 21.5. The number of likely N-dealkylation sites (tertiary alicyclic amines) is 1. The molecule has 1 aliphatic rings. The van der Waals surface area contributed by atoms with E-state index in [0.29, 0.717) is 25.5 Å². The molecule has 0 atom stereocenters. The fourth-order valence-electron chi connectivity index (χ4n) is 4.18. The molecule has 0 radical (unpaired) electrons. The van der Waals surface area contributed by atoms with Gasteiger partial charge in [-0.1, -0.05) is 24.2 Å². The van der Waals surface area contributed by atoms with E-state index in [9.17, 15) is 9.18 Å². The molecule has 30 heavy (non-hydrogen) atoms. The Labute approximate surface area is 175 Å². The molecular formula is C23H27FN4O2. The number of nitrogens with zero attached hydrogens (tertiary/aromatic N) is 4. The van der Waals surface area contributed by atoms with Crippen LogP contribution >= 0.6 is 0 Å². The number of piperidine rings is 1. The number of hydrogen-bond donors (Lipinski definition) is 0. The van der Waals surface area contributed by atoms with Gasteiger partial charge in [0.1, 0.15) is 5.82 Å². The summed E-state index contributed by atoms with van der Waals surface area (Å²) in [4.78, 5) is 19.6. The van der Waals surface area contributed by atoms with Crippen LogP contribution in [-0.4, -0.2) is 38.6 Å². The van der Waals surface area contributed by atoms with Gasteiger partial charge in [-0.25, -0.2) is 4.39 Å². The minimum Gasteiger partial charge on any atom is -0.344 e. The van der Waals surface area contributed by atoms with E-state index in [-0.39, 0.29) is 17.1 Å². The molecule has 0 spiro atoms. The van der Waals surface area contributed by atoms with E-state index in [1.807, 2.05) is 24.8 Å². The molecule has 1 aromatic carbocycles. The summed E-state index contributed by atoms with van der Waals surface area (Å²) in [5, 5.41) is 4.10. The zero-order valence-corrected chi connectivity index (χ0v) is 17.9. The van der Waals surface area contributed by atoms with Gasteiger partial charge in [-0.05, 0) is 50.5 Å². The van der Waals surface area contributed by atoms with Crippen molar-refractivity contribution < 1.29 is 13.7 Å². The van der Waals surface area contributed by atoms with Gasteiger partial charge < -0.3 is 14.0 Å². The third-order valence-corrected chi connectivity index (χ3v) is 6.28. The standard InChI is InChI=1S/C23H27FN4O2/c1-15-13-20(16(2)28(15)14-18-5-7-19(24)8-6-18)21(29)27-11-9-23(4,10-12-27)22-25-17(3)30-26-22/h5-8,13H,9-12,14H2,1-4H3. The monoisotopic (exact) mass is 410 g/mol. The summed E-state index contributed by atoms with van der Waals surface area (Å²) in [6.07, 6.45) is 1.60. The summed E-state index contributed by atoms with van der Waals surface area (Å²) >= 11 is 0. The van der Waals surface area contributed by atoms with E-state index >= 15 is 0 Å². The number of halogens is 1. The van der Waals surface area contributed by atoms with E-state index in [1.54, 1.807) is 19.1 Å². The normalized spacial score (nSPS) is 16.1. The molecule has 1 saturated heterocycles. The first-order valence-electron chi connectivity index (χ1n) is 10.3. The molecule has 0 saturated carbocycles. The molecule has 0 unspecified atom stereocenters. The predicted molar refractivity (Wildman–Crippen MR) is 111 cm³/mol. The maximum Gasteiger partial charge on any atom is 0.255 e. The van der Waals surface area contributed by atoms with E-state index < -0.39 is 0 Å². The molecule has 6 nitrogen and oxygen atoms in total. The zero-order valence-electron chi connectivity index (χ0n) is 17.9. The number of hydrogen-bond acceptors (Lipinski definition) is 4. The molecule has 1 fully saturated rings. The second-order valence-corrected chi connectivity index (χ2v) is 8.49. The molecule has 0 N–H and O–H groups in total. The van der Waals surface area contributed by atoms with Gasteiger partial charge in [0.2, 0.25) is 5.89 Å². The van der Waals surface area contributed by atoms with Crippen molar-refractivity contribution >= 4 is 5.91 Å². The highest BCUT2D eigenvalue weighted by Crippen LogP contribution is 2.34. The van der Waals surface area contributed by atoms with Crippen molar-refractivity contribution in [3.05, 3.63) is 70.4 Å². The average Bonchev–Trinajstić information content (AvgIpc) is 3.29. The van der Waals surface area contributed by atoms with Crippen molar-refractivity contribution in [3.8, 4) is 0 Å². The highest BCUT2D eigenvalue weighted by Gasteiger charge is 2.37. The topological polar surface area (TPSA) is 64.2 Å². The van der Waals surface area contributed by atoms with Crippen molar-refractivity contribution in [2.24, 2.45) is 0 Å². The Balaban J connectivity index is 1.48. The van der Waals surface area contributed by atoms with Crippen LogP contribution in [0.5, 0.6) is 0 Å². The third-order valence-electron chi connectivity index (χ3n) is 6.28. The summed E-state index contributed by atoms with van der Waals surface area (Å²) in [5.41, 5.74) is 3.51. The molecule has 2 aromatic heterocycles. The molecule has 7 heteroatoms. The number of rotatable bonds is 4. The average molecular weight is 410 g/mol. The first-order valence-corrected chi connectivity index (χ1v) is 10.3. The van der Waals surface area contributed by atoms with Gasteiger partial charge >= 0.3 is 0 Å². The van der Waals surface area contributed by atoms with E-state index in [1.165, 1.54) is 12.1 Å². The lowest BCUT2D eigenvalue weighted by Crippen LogP contribution is -2.44. The first-order chi connectivity index (χ1) is 14.3. The third kappa shape index (κ3) is 3.76. The van der Waals surface area contributed by atoms with E-state index in [2.05, 4.69) is 21.6 Å². The molecule has 3 aromatic rings. The molecule has 4 rings (SSSR count). The Morgan fingerprint density at radius 3 is 2.43 bits per heavy atom. The molecule has 0 aliphatic carbocycles. The van der Waals surface area contributed by atoms with Crippen LogP contribution in [0.1, 0.15) is 58.8 Å². The lowest BCUT2D eigenvalue weighted by molar-refractivity contribution is 0.0669. The fourth-order valence-corrected chi connectivity index (χ4v) is 4.18. The Morgan fingerprint density at radius 2 is 1.83 bits per heavy atom. The Kier molecular flexibility index (Phi) is 5.22. The number of benzene rings is 1. The van der Waals surface area contributed by atoms with Crippen molar-refractivity contribution in [1.82, 2.24) is 19.6 Å². The van der Waals surface area contributed by atoms with Crippen LogP contribution in [0.4, 0.5) is 4.39 Å². The van der Waals surface area contributed by atoms with Crippen LogP contribution in [-0.2, 0) is 12.0 Å². The molecule has 1 amide bonds. The minimum atomic E-state index is -0.247. The van der Waals surface area contributed by atoms with Gasteiger partial charge in [0, 0.05) is 43.4 Å². The Morgan fingerprint density at radius 1 is 1.17 bits per heavy atom. The van der Waals surface area contributed by atoms with Crippen LogP contribution in [0.25, 0.3) is 0 Å². The maximum absolute atomic E-state index is 13.2. The van der Waals surface area contributed by atoms with Crippen molar-refractivity contribution in [1.29, 1.82) is 0 Å². The van der Waals surface area contributed by atoms with Crippen LogP contribution in [0, 0.1) is 26.6 Å². The van der Waals surface area contributed by atoms with Crippen LogP contribution in [0.3, 0.4) is 0 Å². The number of carbonyl (C=O) groups excluding carboxylic acids is 1. The number of aryl methyl sites for hydroxylation is 2. The fraction of sp³-hybridized carbons (Fsp3) is 0.435. The predicted octanol–water partition coefficient (Wildman–Crippen LogP) is 4.18. The summed E-state index contributed by atoms with van der Waals surface area (Å²) in [6.45, 7) is 9.82. The number of carbonyl (C=O) groups is 1. The van der Waals surface area contributed by atoms with Crippen molar-refractivity contribution in [3.63, 3.8) is 0 Å². The second kappa shape index (κ2) is 7.70. The second-order valence-electron chi connectivity index (χ2n) is 8.49. The van der Waals surface area contributed by atoms with Gasteiger partial charge in [-0.15, -0.1) is 0 Å². The lowest BCUT2D eigenvalue weighted by atomic mass is 9.79. The van der Waals surface area contributed by atoms with E-state index in [0.717, 1.165) is 41.2 Å². The van der Waals surface area contributed by atoms with Crippen molar-refractivity contribution in [2.75, 3.05) is 13.1 Å². The van der Waals surface area contributed by atoms with Crippen molar-refractivity contribution in [2.45, 2.75) is 52.5 Å². The number of aromatic nitrogens is 3. The molecule has 1 aliphatic heterocycles. The summed E-state index contributed by atoms with van der Waals surface area (Å²) in [6, 6.07) is 8.44. The summed E-state index contributed by atoms with van der Waals surface area (Å²) < 4.78 is 20.5. The van der Waals surface area contributed by atoms with Gasteiger partial charge in [-0.3, -0.25) is 4.79 Å². The smallest absolute Gasteiger partial charge is 0.255 e. The number of amides is 1. The van der Waals surface area contributed by atoms with Crippen LogP contribution in [0.15, 0.2) is 34.9 Å². The van der Waals surface area contributed by atoms with Crippen LogP contribution in [0.2, 0.25) is 0 Å². The quantitative estimate of drug-likeness (QED) is 0.647. The highest BCUT2D eigenvalue weighted by atomic mass is 19.1. The molecule has 0 bridgehead atoms. The summed E-state index contributed by atoms with van der Waals surface area (Å²) in [7, 11) is 0. The molecule has 158 valence electrons. The summed E-state index contributed by atoms with van der Waals surface area (Å²) in [5.74, 6) is 1.10. The first kappa shape index (κ1) is 20.3. The maximum atomic E-state index is 13.2. The van der Waals surface area contributed by atoms with Crippen LogP contribution < -0.4 is 0 Å². The molecular weight excluding hydrogens is 383 g/mol. The Bertz CT molecular complexity index is 1060. The van der Waals surface area contributed by atoms with E-state index in [4.69, 9.17) is 4.52 Å². The van der Waals surface area contributed by atoms with Gasteiger partial charge in [0.15, 0.2) is 5.82 Å². The van der Waals surface area contributed by atoms with Gasteiger partial charge in [0.25, 0.3) is 5.91 Å². The SMILES string of the molecule is Cc1nc(C2(C)CCN(C(=O)c3cc(C)n(Cc4ccc(F)cc4)c3C)CC2)no1. The van der Waals surface area contributed by atoms with Gasteiger partial charge in [0.05, 0.1) is 5.56 Å².